The molecule has 0 amide bonds. The maximum atomic E-state index is 4.58. The van der Waals surface area contributed by atoms with Crippen molar-refractivity contribution >= 4 is 0 Å². The molecule has 1 aromatic rings. The van der Waals surface area contributed by atoms with Gasteiger partial charge in [0.15, 0.2) is 0 Å². The molecule has 2 aliphatic carbocycles. The average molecular weight is 247 g/mol. The van der Waals surface area contributed by atoms with Gasteiger partial charge < -0.3 is 5.32 Å². The highest BCUT2D eigenvalue weighted by atomic mass is 15.3. The molecule has 0 bridgehead atoms. The van der Waals surface area contributed by atoms with Crippen molar-refractivity contribution in [2.45, 2.75) is 65.0 Å². The van der Waals surface area contributed by atoms with Crippen LogP contribution in [0.5, 0.6) is 0 Å². The molecule has 3 rings (SSSR count). The van der Waals surface area contributed by atoms with Gasteiger partial charge in [-0.05, 0) is 57.4 Å². The number of hydrogen-bond acceptors (Lipinski definition) is 2. The SMILES string of the molecule is CCn1nc(C)cc1CC1(CNC2CC2)CCC1. The minimum Gasteiger partial charge on any atom is -0.313 e. The van der Waals surface area contributed by atoms with E-state index < -0.39 is 0 Å². The van der Waals surface area contributed by atoms with Gasteiger partial charge in [0.1, 0.15) is 0 Å². The second-order valence-corrected chi connectivity index (χ2v) is 6.28. The zero-order valence-electron chi connectivity index (χ0n) is 11.7. The van der Waals surface area contributed by atoms with Crippen molar-refractivity contribution in [1.82, 2.24) is 15.1 Å². The first-order valence-electron chi connectivity index (χ1n) is 7.47. The first-order chi connectivity index (χ1) is 8.71. The molecule has 0 saturated heterocycles. The lowest BCUT2D eigenvalue weighted by Gasteiger charge is -2.42. The number of nitrogens with one attached hydrogen (secondary N) is 1. The molecular weight excluding hydrogens is 222 g/mol. The van der Waals surface area contributed by atoms with E-state index in [1.807, 2.05) is 0 Å². The maximum absolute atomic E-state index is 4.58. The van der Waals surface area contributed by atoms with Crippen molar-refractivity contribution in [2.75, 3.05) is 6.54 Å². The molecule has 2 fully saturated rings. The van der Waals surface area contributed by atoms with Crippen LogP contribution in [0.1, 0.15) is 50.4 Å². The van der Waals surface area contributed by atoms with Gasteiger partial charge in [-0.2, -0.15) is 5.10 Å². The zero-order chi connectivity index (χ0) is 12.6. The van der Waals surface area contributed by atoms with Gasteiger partial charge in [0, 0.05) is 24.8 Å². The predicted octanol–water partition coefficient (Wildman–Crippen LogP) is 2.68. The topological polar surface area (TPSA) is 29.9 Å². The summed E-state index contributed by atoms with van der Waals surface area (Å²) < 4.78 is 2.19. The lowest BCUT2D eigenvalue weighted by molar-refractivity contribution is 0.126. The van der Waals surface area contributed by atoms with E-state index in [9.17, 15) is 0 Å². The summed E-state index contributed by atoms with van der Waals surface area (Å²) >= 11 is 0. The Hall–Kier alpha value is -0.830. The van der Waals surface area contributed by atoms with Crippen LogP contribution < -0.4 is 5.32 Å². The molecule has 1 aromatic heterocycles. The van der Waals surface area contributed by atoms with Gasteiger partial charge in [-0.1, -0.05) is 6.42 Å². The van der Waals surface area contributed by atoms with Gasteiger partial charge in [-0.15, -0.1) is 0 Å². The molecule has 1 N–H and O–H groups in total. The van der Waals surface area contributed by atoms with Crippen molar-refractivity contribution < 1.29 is 0 Å². The third kappa shape index (κ3) is 2.46. The number of hydrogen-bond donors (Lipinski definition) is 1. The quantitative estimate of drug-likeness (QED) is 0.837. The Balaban J connectivity index is 1.67. The van der Waals surface area contributed by atoms with E-state index in [2.05, 4.69) is 35.0 Å². The smallest absolute Gasteiger partial charge is 0.0596 e. The fourth-order valence-electron chi connectivity index (χ4n) is 3.14. The maximum Gasteiger partial charge on any atom is 0.0596 e. The van der Waals surface area contributed by atoms with Crippen molar-refractivity contribution in [1.29, 1.82) is 0 Å². The molecule has 0 aromatic carbocycles. The molecule has 3 heteroatoms. The van der Waals surface area contributed by atoms with Crippen molar-refractivity contribution in [3.05, 3.63) is 17.5 Å². The van der Waals surface area contributed by atoms with Gasteiger partial charge in [-0.3, -0.25) is 4.68 Å². The predicted molar refractivity (Wildman–Crippen MR) is 73.7 cm³/mol. The summed E-state index contributed by atoms with van der Waals surface area (Å²) in [6, 6.07) is 3.11. The third-order valence-corrected chi connectivity index (χ3v) is 4.60. The summed E-state index contributed by atoms with van der Waals surface area (Å²) in [4.78, 5) is 0. The van der Waals surface area contributed by atoms with E-state index in [-0.39, 0.29) is 0 Å². The highest BCUT2D eigenvalue weighted by Crippen LogP contribution is 2.43. The number of aryl methyl sites for hydroxylation is 2. The molecule has 0 atom stereocenters. The average Bonchev–Trinajstić information content (AvgIpc) is 3.06. The lowest BCUT2D eigenvalue weighted by atomic mass is 9.66. The Bertz CT molecular complexity index is 413. The van der Waals surface area contributed by atoms with Crippen LogP contribution in [0.2, 0.25) is 0 Å². The van der Waals surface area contributed by atoms with Gasteiger partial charge in [0.25, 0.3) is 0 Å². The molecular formula is C15H25N3. The Labute approximate surface area is 110 Å². The van der Waals surface area contributed by atoms with Gasteiger partial charge in [0.2, 0.25) is 0 Å². The molecule has 2 saturated carbocycles. The summed E-state index contributed by atoms with van der Waals surface area (Å²) in [5.41, 5.74) is 3.13. The molecule has 1 heterocycles. The van der Waals surface area contributed by atoms with E-state index in [0.29, 0.717) is 5.41 Å². The van der Waals surface area contributed by atoms with Crippen LogP contribution in [-0.2, 0) is 13.0 Å². The molecule has 0 unspecified atom stereocenters. The summed E-state index contributed by atoms with van der Waals surface area (Å²) in [7, 11) is 0. The fraction of sp³-hybridized carbons (Fsp3) is 0.800. The van der Waals surface area contributed by atoms with Crippen molar-refractivity contribution in [3.63, 3.8) is 0 Å². The van der Waals surface area contributed by atoms with Crippen LogP contribution in [0, 0.1) is 12.3 Å². The minimum absolute atomic E-state index is 0.530. The second-order valence-electron chi connectivity index (χ2n) is 6.28. The Morgan fingerprint density at radius 3 is 2.78 bits per heavy atom. The van der Waals surface area contributed by atoms with E-state index >= 15 is 0 Å². The van der Waals surface area contributed by atoms with Crippen LogP contribution in [-0.4, -0.2) is 22.4 Å². The van der Waals surface area contributed by atoms with E-state index in [1.165, 1.54) is 50.8 Å². The van der Waals surface area contributed by atoms with Gasteiger partial charge in [-0.25, -0.2) is 0 Å². The van der Waals surface area contributed by atoms with Crippen molar-refractivity contribution in [2.24, 2.45) is 5.41 Å². The summed E-state index contributed by atoms with van der Waals surface area (Å²) in [6.07, 6.45) is 8.18. The second kappa shape index (κ2) is 4.69. The summed E-state index contributed by atoms with van der Waals surface area (Å²) in [5.74, 6) is 0. The summed E-state index contributed by atoms with van der Waals surface area (Å²) in [5, 5.41) is 8.31. The van der Waals surface area contributed by atoms with E-state index in [1.54, 1.807) is 0 Å². The largest absolute Gasteiger partial charge is 0.313 e. The van der Waals surface area contributed by atoms with Crippen LogP contribution in [0.3, 0.4) is 0 Å². The van der Waals surface area contributed by atoms with Crippen LogP contribution in [0.25, 0.3) is 0 Å². The van der Waals surface area contributed by atoms with Crippen LogP contribution in [0.15, 0.2) is 6.07 Å². The normalized spacial score (nSPS) is 21.9. The zero-order valence-corrected chi connectivity index (χ0v) is 11.7. The van der Waals surface area contributed by atoms with Gasteiger partial charge in [0.05, 0.1) is 5.69 Å². The van der Waals surface area contributed by atoms with Crippen molar-refractivity contribution in [3.8, 4) is 0 Å². The van der Waals surface area contributed by atoms with Crippen LogP contribution in [0.4, 0.5) is 0 Å². The highest BCUT2D eigenvalue weighted by Gasteiger charge is 2.38. The number of aromatic nitrogens is 2. The van der Waals surface area contributed by atoms with Crippen LogP contribution >= 0.6 is 0 Å². The Morgan fingerprint density at radius 2 is 2.22 bits per heavy atom. The number of nitrogens with zero attached hydrogens (tertiary/aromatic N) is 2. The highest BCUT2D eigenvalue weighted by molar-refractivity contribution is 5.13. The fourth-order valence-corrected chi connectivity index (χ4v) is 3.14. The lowest BCUT2D eigenvalue weighted by Crippen LogP contribution is -2.42. The molecule has 0 radical (unpaired) electrons. The van der Waals surface area contributed by atoms with E-state index in [0.717, 1.165) is 18.3 Å². The number of rotatable bonds is 6. The molecule has 18 heavy (non-hydrogen) atoms. The molecule has 2 aliphatic rings. The first kappa shape index (κ1) is 12.2. The first-order valence-corrected chi connectivity index (χ1v) is 7.47. The molecule has 0 aliphatic heterocycles. The van der Waals surface area contributed by atoms with E-state index in [4.69, 9.17) is 0 Å². The Kier molecular flexibility index (Phi) is 3.18. The summed E-state index contributed by atoms with van der Waals surface area (Å²) in [6.45, 7) is 6.50. The van der Waals surface area contributed by atoms with Gasteiger partial charge >= 0.3 is 0 Å². The minimum atomic E-state index is 0.530. The third-order valence-electron chi connectivity index (χ3n) is 4.60. The molecule has 0 spiro atoms. The monoisotopic (exact) mass is 247 g/mol. The molecule has 3 nitrogen and oxygen atoms in total. The molecule has 100 valence electrons. The standard InChI is InChI=1S/C15H25N3/c1-3-18-14(9-12(2)17-18)10-15(7-4-8-15)11-16-13-5-6-13/h9,13,16H,3-8,10-11H2,1-2H3. The Morgan fingerprint density at radius 1 is 1.44 bits per heavy atom.